The van der Waals surface area contributed by atoms with E-state index < -0.39 is 21.3 Å². The van der Waals surface area contributed by atoms with Gasteiger partial charge in [-0.3, -0.25) is 0 Å². The molecule has 1 atom stereocenters. The molecular weight excluding hydrogens is 292 g/mol. The number of anilines is 1. The van der Waals surface area contributed by atoms with Crippen molar-refractivity contribution < 1.29 is 18.3 Å². The highest BCUT2D eigenvalue weighted by atomic mass is 32.2. The van der Waals surface area contributed by atoms with Crippen LogP contribution in [0.1, 0.15) is 32.6 Å². The molecule has 1 aliphatic heterocycles. The number of aromatic nitrogens is 1. The van der Waals surface area contributed by atoms with Crippen LogP contribution in [0.4, 0.5) is 5.82 Å². The average Bonchev–Trinajstić information content (AvgIpc) is 2.83. The molecule has 0 spiro atoms. The Hall–Kier alpha value is -1.63. The summed E-state index contributed by atoms with van der Waals surface area (Å²) in [7, 11) is -3.46. The fraction of sp³-hybridized carbons (Fsp3) is 0.571. The molecule has 1 aromatic heterocycles. The maximum absolute atomic E-state index is 11.9. The van der Waals surface area contributed by atoms with Gasteiger partial charge in [-0.05, 0) is 31.4 Å². The van der Waals surface area contributed by atoms with Gasteiger partial charge in [-0.15, -0.1) is 0 Å². The van der Waals surface area contributed by atoms with E-state index in [4.69, 9.17) is 0 Å². The van der Waals surface area contributed by atoms with Crippen LogP contribution in [-0.4, -0.2) is 42.8 Å². The number of carboxylic acid groups (broad SMARTS) is 1. The summed E-state index contributed by atoms with van der Waals surface area (Å²) in [4.78, 5) is 17.8. The van der Waals surface area contributed by atoms with Crippen molar-refractivity contribution in [2.75, 3.05) is 17.7 Å². The standard InChI is InChI=1S/C14H20N2O4S/c1-3-7-14(13(17)18)8-5-10-16(14)12-11(21(2,19)20)6-4-9-15-12/h4,6,9H,3,5,7-8,10H2,1-2H3,(H,17,18). The zero-order valence-corrected chi connectivity index (χ0v) is 13.1. The predicted molar refractivity (Wildman–Crippen MR) is 79.2 cm³/mol. The fourth-order valence-corrected chi connectivity index (χ4v) is 3.88. The molecule has 0 radical (unpaired) electrons. The smallest absolute Gasteiger partial charge is 0.329 e. The number of hydrogen-bond donors (Lipinski definition) is 1. The molecule has 0 aliphatic carbocycles. The Labute approximate surface area is 124 Å². The van der Waals surface area contributed by atoms with Crippen molar-refractivity contribution >= 4 is 21.6 Å². The van der Waals surface area contributed by atoms with E-state index in [0.717, 1.165) is 6.26 Å². The lowest BCUT2D eigenvalue weighted by Gasteiger charge is -2.36. The zero-order chi connectivity index (χ0) is 15.7. The molecule has 1 N–H and O–H groups in total. The van der Waals surface area contributed by atoms with Crippen molar-refractivity contribution in [1.29, 1.82) is 0 Å². The van der Waals surface area contributed by atoms with Crippen LogP contribution in [-0.2, 0) is 14.6 Å². The summed E-state index contributed by atoms with van der Waals surface area (Å²) in [6, 6.07) is 3.03. The Bertz CT molecular complexity index is 644. The van der Waals surface area contributed by atoms with Crippen LogP contribution in [0.25, 0.3) is 0 Å². The van der Waals surface area contributed by atoms with E-state index in [9.17, 15) is 18.3 Å². The van der Waals surface area contributed by atoms with Gasteiger partial charge in [0.2, 0.25) is 0 Å². The van der Waals surface area contributed by atoms with Crippen molar-refractivity contribution in [2.24, 2.45) is 0 Å². The quantitative estimate of drug-likeness (QED) is 0.890. The highest BCUT2D eigenvalue weighted by Gasteiger charge is 2.48. The Morgan fingerprint density at radius 3 is 2.81 bits per heavy atom. The lowest BCUT2D eigenvalue weighted by Crippen LogP contribution is -2.51. The summed E-state index contributed by atoms with van der Waals surface area (Å²) in [5, 5.41) is 9.70. The first-order valence-corrected chi connectivity index (χ1v) is 8.88. The van der Waals surface area contributed by atoms with Crippen molar-refractivity contribution in [3.63, 3.8) is 0 Å². The summed E-state index contributed by atoms with van der Waals surface area (Å²) < 4.78 is 23.9. The first-order chi connectivity index (χ1) is 9.83. The van der Waals surface area contributed by atoms with E-state index in [-0.39, 0.29) is 10.7 Å². The van der Waals surface area contributed by atoms with Gasteiger partial charge < -0.3 is 10.0 Å². The highest BCUT2D eigenvalue weighted by Crippen LogP contribution is 2.39. The van der Waals surface area contributed by atoms with Gasteiger partial charge in [-0.1, -0.05) is 13.3 Å². The largest absolute Gasteiger partial charge is 0.479 e. The molecule has 0 bridgehead atoms. The molecule has 1 fully saturated rings. The Kier molecular flexibility index (Phi) is 4.22. The van der Waals surface area contributed by atoms with Gasteiger partial charge in [0.15, 0.2) is 9.84 Å². The van der Waals surface area contributed by atoms with Gasteiger partial charge in [-0.2, -0.15) is 0 Å². The lowest BCUT2D eigenvalue weighted by atomic mass is 9.90. The molecular formula is C14H20N2O4S. The summed E-state index contributed by atoms with van der Waals surface area (Å²) in [5.41, 5.74) is -1.05. The second-order valence-corrected chi connectivity index (χ2v) is 7.42. The Balaban J connectivity index is 2.58. The second kappa shape index (κ2) is 5.63. The molecule has 1 unspecified atom stereocenters. The predicted octanol–water partition coefficient (Wildman–Crippen LogP) is 1.71. The number of hydrogen-bond acceptors (Lipinski definition) is 5. The number of sulfone groups is 1. The van der Waals surface area contributed by atoms with Gasteiger partial charge >= 0.3 is 5.97 Å². The van der Waals surface area contributed by atoms with Gasteiger partial charge in [-0.25, -0.2) is 18.2 Å². The van der Waals surface area contributed by atoms with Crippen LogP contribution in [0.5, 0.6) is 0 Å². The van der Waals surface area contributed by atoms with Crippen LogP contribution >= 0.6 is 0 Å². The molecule has 6 nitrogen and oxygen atoms in total. The Morgan fingerprint density at radius 1 is 1.52 bits per heavy atom. The van der Waals surface area contributed by atoms with Crippen molar-refractivity contribution in [3.05, 3.63) is 18.3 Å². The molecule has 1 saturated heterocycles. The topological polar surface area (TPSA) is 87.6 Å². The minimum absolute atomic E-state index is 0.0913. The molecule has 2 rings (SSSR count). The highest BCUT2D eigenvalue weighted by molar-refractivity contribution is 7.90. The van der Waals surface area contributed by atoms with Crippen LogP contribution in [0.3, 0.4) is 0 Å². The third kappa shape index (κ3) is 2.74. The van der Waals surface area contributed by atoms with E-state index in [1.807, 2.05) is 6.92 Å². The molecule has 0 amide bonds. The third-order valence-electron chi connectivity index (χ3n) is 3.96. The first-order valence-electron chi connectivity index (χ1n) is 6.99. The molecule has 21 heavy (non-hydrogen) atoms. The summed E-state index contributed by atoms with van der Waals surface area (Å²) in [6.45, 7) is 2.43. The van der Waals surface area contributed by atoms with Crippen LogP contribution in [0.2, 0.25) is 0 Å². The van der Waals surface area contributed by atoms with E-state index >= 15 is 0 Å². The maximum Gasteiger partial charge on any atom is 0.329 e. The number of carbonyl (C=O) groups is 1. The molecule has 7 heteroatoms. The number of rotatable bonds is 5. The van der Waals surface area contributed by atoms with Crippen LogP contribution < -0.4 is 4.90 Å². The lowest BCUT2D eigenvalue weighted by molar-refractivity contribution is -0.143. The zero-order valence-electron chi connectivity index (χ0n) is 12.2. The van der Waals surface area contributed by atoms with Gasteiger partial charge in [0, 0.05) is 19.0 Å². The van der Waals surface area contributed by atoms with E-state index in [0.29, 0.717) is 32.2 Å². The van der Waals surface area contributed by atoms with Crippen molar-refractivity contribution in [2.45, 2.75) is 43.0 Å². The first kappa shape index (κ1) is 15.8. The van der Waals surface area contributed by atoms with Gasteiger partial charge in [0.25, 0.3) is 0 Å². The van der Waals surface area contributed by atoms with Crippen LogP contribution in [0.15, 0.2) is 23.2 Å². The molecule has 0 saturated carbocycles. The molecule has 0 aromatic carbocycles. The summed E-state index contributed by atoms with van der Waals surface area (Å²) in [5.74, 6) is -0.652. The summed E-state index contributed by atoms with van der Waals surface area (Å²) in [6.07, 6.45) is 5.03. The van der Waals surface area contributed by atoms with E-state index in [1.54, 1.807) is 11.0 Å². The minimum atomic E-state index is -3.46. The van der Waals surface area contributed by atoms with Gasteiger partial charge in [0.1, 0.15) is 16.3 Å². The summed E-state index contributed by atoms with van der Waals surface area (Å²) >= 11 is 0. The molecule has 1 aromatic rings. The number of pyridine rings is 1. The monoisotopic (exact) mass is 312 g/mol. The number of aliphatic carboxylic acids is 1. The SMILES string of the molecule is CCCC1(C(=O)O)CCCN1c1ncccc1S(C)(=O)=O. The second-order valence-electron chi connectivity index (χ2n) is 5.44. The maximum atomic E-state index is 11.9. The van der Waals surface area contributed by atoms with Gasteiger partial charge in [0.05, 0.1) is 0 Å². The fourth-order valence-electron chi connectivity index (χ4n) is 3.06. The number of nitrogens with zero attached hydrogens (tertiary/aromatic N) is 2. The van der Waals surface area contributed by atoms with Crippen LogP contribution in [0, 0.1) is 0 Å². The average molecular weight is 312 g/mol. The molecule has 1 aliphatic rings. The molecule has 116 valence electrons. The molecule has 2 heterocycles. The van der Waals surface area contributed by atoms with Crippen molar-refractivity contribution in [1.82, 2.24) is 4.98 Å². The third-order valence-corrected chi connectivity index (χ3v) is 5.07. The Morgan fingerprint density at radius 2 is 2.24 bits per heavy atom. The van der Waals surface area contributed by atoms with Crippen molar-refractivity contribution in [3.8, 4) is 0 Å². The number of carboxylic acids is 1. The normalized spacial score (nSPS) is 22.5. The van der Waals surface area contributed by atoms with E-state index in [2.05, 4.69) is 4.98 Å². The minimum Gasteiger partial charge on any atom is -0.479 e. The van der Waals surface area contributed by atoms with E-state index in [1.165, 1.54) is 12.3 Å².